The summed E-state index contributed by atoms with van der Waals surface area (Å²) in [5.74, 6) is 1.91. The molecule has 5 rings (SSSR count). The van der Waals surface area contributed by atoms with Crippen molar-refractivity contribution >= 4 is 16.9 Å². The summed E-state index contributed by atoms with van der Waals surface area (Å²) >= 11 is 0. The Bertz CT molecular complexity index is 1050. The molecule has 0 unspecified atom stereocenters. The van der Waals surface area contributed by atoms with Crippen molar-refractivity contribution in [2.75, 3.05) is 5.01 Å². The van der Waals surface area contributed by atoms with Crippen LogP contribution in [0.2, 0.25) is 0 Å². The highest BCUT2D eigenvalue weighted by molar-refractivity contribution is 5.70. The fourth-order valence-electron chi connectivity index (χ4n) is 3.70. The standard InChI is InChI=1S/C19H18N6O3/c1-4-14-15-16(28-19(2,3)27-15)18(26-14)25(12-6-5-7-20-8-12)24-11-23-13-9-21-10-22-17(13)24/h1,5-11,14-16,18H,2-3H3/t14-,15-,16-,18-/m1/s1. The van der Waals surface area contributed by atoms with Crippen molar-refractivity contribution in [1.29, 1.82) is 0 Å². The number of imidazole rings is 1. The van der Waals surface area contributed by atoms with E-state index in [4.69, 9.17) is 20.6 Å². The minimum absolute atomic E-state index is 0.381. The number of aromatic nitrogens is 5. The predicted molar refractivity (Wildman–Crippen MR) is 98.8 cm³/mol. The Morgan fingerprint density at radius 2 is 2.04 bits per heavy atom. The van der Waals surface area contributed by atoms with Gasteiger partial charge in [0.15, 0.2) is 17.7 Å². The van der Waals surface area contributed by atoms with Crippen molar-refractivity contribution in [3.05, 3.63) is 43.4 Å². The van der Waals surface area contributed by atoms with Crippen LogP contribution in [-0.2, 0) is 14.2 Å². The third-order valence-corrected chi connectivity index (χ3v) is 4.77. The first-order valence-corrected chi connectivity index (χ1v) is 8.87. The van der Waals surface area contributed by atoms with Crippen molar-refractivity contribution in [3.8, 4) is 12.3 Å². The van der Waals surface area contributed by atoms with Crippen LogP contribution >= 0.6 is 0 Å². The molecule has 4 atom stereocenters. The van der Waals surface area contributed by atoms with Gasteiger partial charge in [-0.3, -0.25) is 4.98 Å². The highest BCUT2D eigenvalue weighted by Crippen LogP contribution is 2.41. The molecule has 0 aliphatic carbocycles. The van der Waals surface area contributed by atoms with Crippen LogP contribution in [0.5, 0.6) is 0 Å². The average molecular weight is 378 g/mol. The first-order chi connectivity index (χ1) is 13.6. The van der Waals surface area contributed by atoms with Crippen LogP contribution in [0.25, 0.3) is 11.2 Å². The molecule has 142 valence electrons. The smallest absolute Gasteiger partial charge is 0.182 e. The Labute approximate surface area is 161 Å². The molecule has 0 saturated carbocycles. The summed E-state index contributed by atoms with van der Waals surface area (Å²) in [6.45, 7) is 3.73. The van der Waals surface area contributed by atoms with E-state index in [9.17, 15) is 0 Å². The summed E-state index contributed by atoms with van der Waals surface area (Å²) in [6, 6.07) is 3.76. The Balaban J connectivity index is 1.65. The first-order valence-electron chi connectivity index (χ1n) is 8.87. The number of hydrogen-bond acceptors (Lipinski definition) is 8. The molecular weight excluding hydrogens is 360 g/mol. The third kappa shape index (κ3) is 2.62. The molecule has 9 nitrogen and oxygen atoms in total. The van der Waals surface area contributed by atoms with Crippen LogP contribution in [0.3, 0.4) is 0 Å². The normalized spacial score (nSPS) is 28.2. The molecule has 2 saturated heterocycles. The molecule has 3 aromatic heterocycles. The number of pyridine rings is 1. The molecule has 9 heteroatoms. The maximum atomic E-state index is 6.18. The highest BCUT2D eigenvalue weighted by atomic mass is 16.8. The molecule has 0 radical (unpaired) electrons. The van der Waals surface area contributed by atoms with Gasteiger partial charge in [0.2, 0.25) is 0 Å². The average Bonchev–Trinajstić information content (AvgIpc) is 3.35. The van der Waals surface area contributed by atoms with Gasteiger partial charge >= 0.3 is 0 Å². The molecule has 0 amide bonds. The zero-order chi connectivity index (χ0) is 19.3. The summed E-state index contributed by atoms with van der Waals surface area (Å²) in [4.78, 5) is 17.0. The van der Waals surface area contributed by atoms with Gasteiger partial charge in [-0.1, -0.05) is 5.92 Å². The quantitative estimate of drug-likeness (QED) is 0.632. The van der Waals surface area contributed by atoms with Gasteiger partial charge in [-0.2, -0.15) is 0 Å². The third-order valence-electron chi connectivity index (χ3n) is 4.77. The van der Waals surface area contributed by atoms with E-state index in [1.54, 1.807) is 29.6 Å². The molecule has 0 aromatic carbocycles. The Kier molecular flexibility index (Phi) is 3.80. The van der Waals surface area contributed by atoms with E-state index < -0.39 is 24.2 Å². The maximum absolute atomic E-state index is 6.18. The minimum Gasteiger partial charge on any atom is -0.341 e. The number of anilines is 1. The summed E-state index contributed by atoms with van der Waals surface area (Å²) in [5.41, 5.74) is 2.06. The summed E-state index contributed by atoms with van der Waals surface area (Å²) in [5, 5.41) is 1.88. The zero-order valence-corrected chi connectivity index (χ0v) is 15.3. The molecule has 0 N–H and O–H groups in total. The number of rotatable bonds is 3. The van der Waals surface area contributed by atoms with Gasteiger partial charge in [0.25, 0.3) is 0 Å². The number of terminal acetylenes is 1. The summed E-state index contributed by atoms with van der Waals surface area (Å²) in [6.07, 6.45) is 12.0. The van der Waals surface area contributed by atoms with E-state index in [-0.39, 0.29) is 6.10 Å². The van der Waals surface area contributed by atoms with Gasteiger partial charge < -0.3 is 14.2 Å². The molecule has 0 spiro atoms. The van der Waals surface area contributed by atoms with Crippen LogP contribution in [0, 0.1) is 12.3 Å². The van der Waals surface area contributed by atoms with Crippen molar-refractivity contribution in [1.82, 2.24) is 24.6 Å². The lowest BCUT2D eigenvalue weighted by Crippen LogP contribution is -2.47. The molecule has 3 aromatic rings. The lowest BCUT2D eigenvalue weighted by Gasteiger charge is -2.33. The van der Waals surface area contributed by atoms with Crippen LogP contribution in [0.4, 0.5) is 5.69 Å². The lowest BCUT2D eigenvalue weighted by molar-refractivity contribution is -0.181. The number of fused-ring (bicyclic) bond motifs is 2. The highest BCUT2D eigenvalue weighted by Gasteiger charge is 2.57. The van der Waals surface area contributed by atoms with E-state index in [0.29, 0.717) is 11.2 Å². The second-order valence-electron chi connectivity index (χ2n) is 7.06. The molecule has 28 heavy (non-hydrogen) atoms. The predicted octanol–water partition coefficient (Wildman–Crippen LogP) is 1.37. The van der Waals surface area contributed by atoms with Crippen molar-refractivity contribution in [2.45, 2.75) is 44.2 Å². The van der Waals surface area contributed by atoms with Crippen molar-refractivity contribution < 1.29 is 14.2 Å². The van der Waals surface area contributed by atoms with Gasteiger partial charge in [-0.05, 0) is 26.0 Å². The summed E-state index contributed by atoms with van der Waals surface area (Å²) in [7, 11) is 0. The minimum atomic E-state index is -0.758. The van der Waals surface area contributed by atoms with Gasteiger partial charge in [0.05, 0.1) is 18.1 Å². The fraction of sp³-hybridized carbons (Fsp3) is 0.368. The van der Waals surface area contributed by atoms with Crippen LogP contribution in [0.15, 0.2) is 43.4 Å². The second kappa shape index (κ2) is 6.24. The molecule has 2 aliphatic heterocycles. The molecule has 2 aliphatic rings. The number of nitrogens with zero attached hydrogens (tertiary/aromatic N) is 6. The van der Waals surface area contributed by atoms with Crippen molar-refractivity contribution in [2.24, 2.45) is 0 Å². The van der Waals surface area contributed by atoms with E-state index >= 15 is 0 Å². The van der Waals surface area contributed by atoms with E-state index in [0.717, 1.165) is 5.69 Å². The lowest BCUT2D eigenvalue weighted by atomic mass is 10.1. The largest absolute Gasteiger partial charge is 0.341 e. The molecule has 5 heterocycles. The van der Waals surface area contributed by atoms with E-state index in [1.165, 1.54) is 6.33 Å². The number of ether oxygens (including phenoxy) is 3. The van der Waals surface area contributed by atoms with Gasteiger partial charge in [0.1, 0.15) is 36.5 Å². The topological polar surface area (TPSA) is 87.4 Å². The van der Waals surface area contributed by atoms with Gasteiger partial charge in [-0.25, -0.2) is 24.6 Å². The Morgan fingerprint density at radius 3 is 2.82 bits per heavy atom. The van der Waals surface area contributed by atoms with Crippen LogP contribution < -0.4 is 5.01 Å². The maximum Gasteiger partial charge on any atom is 0.182 e. The van der Waals surface area contributed by atoms with Gasteiger partial charge in [-0.15, -0.1) is 6.42 Å². The van der Waals surface area contributed by atoms with Crippen LogP contribution in [0.1, 0.15) is 13.8 Å². The monoisotopic (exact) mass is 378 g/mol. The zero-order valence-electron chi connectivity index (χ0n) is 15.3. The molecule has 0 bridgehead atoms. The molecule has 2 fully saturated rings. The Hall–Kier alpha value is -3.06. The first kappa shape index (κ1) is 17.1. The summed E-state index contributed by atoms with van der Waals surface area (Å²) < 4.78 is 20.1. The van der Waals surface area contributed by atoms with Gasteiger partial charge in [0, 0.05) is 6.20 Å². The second-order valence-corrected chi connectivity index (χ2v) is 7.06. The van der Waals surface area contributed by atoms with Crippen LogP contribution in [-0.4, -0.2) is 54.9 Å². The SMILES string of the molecule is C#C[C@H]1O[C@@H](N(c2cccnc2)n2cnc3cncnc32)[C@@H]2OC(C)(C)O[C@@H]21. The van der Waals surface area contributed by atoms with Crippen molar-refractivity contribution in [3.63, 3.8) is 0 Å². The van der Waals surface area contributed by atoms with E-state index in [1.807, 2.05) is 31.0 Å². The molecular formula is C19H18N6O3. The van der Waals surface area contributed by atoms with E-state index in [2.05, 4.69) is 25.9 Å². The number of hydrogen-bond donors (Lipinski definition) is 0. The Morgan fingerprint density at radius 1 is 1.18 bits per heavy atom. The fourth-order valence-corrected chi connectivity index (χ4v) is 3.70.